The van der Waals surface area contributed by atoms with E-state index in [-0.39, 0.29) is 0 Å². The van der Waals surface area contributed by atoms with E-state index in [9.17, 15) is 9.59 Å². The molecule has 0 unspecified atom stereocenters. The van der Waals surface area contributed by atoms with Gasteiger partial charge in [0.25, 0.3) is 5.91 Å². The molecule has 0 radical (unpaired) electrons. The standard InChI is InChI=1S/C15H21NO6/c1-13(2,3)21-12(18)16-10(5-6-11(16)17)15-19-8-7-14(4,22-15)9-20-15/h5-6,10H,7-9H2,1-4H3/t10-,14+,15-/m0/s1. The molecule has 22 heavy (non-hydrogen) atoms. The highest BCUT2D eigenvalue weighted by molar-refractivity contribution is 6.01. The van der Waals surface area contributed by atoms with Gasteiger partial charge in [0.1, 0.15) is 11.6 Å². The van der Waals surface area contributed by atoms with Crippen LogP contribution < -0.4 is 0 Å². The Morgan fingerprint density at radius 1 is 1.41 bits per heavy atom. The van der Waals surface area contributed by atoms with Crippen LogP contribution in [-0.4, -0.2) is 53.3 Å². The molecule has 0 saturated carbocycles. The smallest absolute Gasteiger partial charge is 0.418 e. The summed E-state index contributed by atoms with van der Waals surface area (Å²) in [4.78, 5) is 25.4. The van der Waals surface area contributed by atoms with Gasteiger partial charge in [0, 0.05) is 12.5 Å². The van der Waals surface area contributed by atoms with E-state index in [1.54, 1.807) is 26.8 Å². The highest BCUT2D eigenvalue weighted by Crippen LogP contribution is 2.44. The van der Waals surface area contributed by atoms with Crippen LogP contribution in [0.5, 0.6) is 0 Å². The lowest BCUT2D eigenvalue weighted by Gasteiger charge is -2.40. The maximum absolute atomic E-state index is 12.4. The molecule has 2 bridgehead atoms. The van der Waals surface area contributed by atoms with Crippen LogP contribution in [0.25, 0.3) is 0 Å². The van der Waals surface area contributed by atoms with Crippen molar-refractivity contribution in [2.75, 3.05) is 13.2 Å². The fourth-order valence-corrected chi connectivity index (χ4v) is 2.76. The molecule has 3 aliphatic rings. The minimum absolute atomic E-state index is 0.355. The van der Waals surface area contributed by atoms with E-state index in [2.05, 4.69) is 0 Å². The SMILES string of the molecule is CC(C)(C)OC(=O)N1C(=O)C=C[C@H]1[C@]12OCC[C@](C)(CO1)O2. The molecule has 3 heterocycles. The van der Waals surface area contributed by atoms with Crippen molar-refractivity contribution in [1.82, 2.24) is 4.90 Å². The van der Waals surface area contributed by atoms with Crippen LogP contribution in [0.1, 0.15) is 34.1 Å². The second-order valence-electron chi connectivity index (χ2n) is 7.04. The van der Waals surface area contributed by atoms with Gasteiger partial charge in [-0.25, -0.2) is 9.69 Å². The summed E-state index contributed by atoms with van der Waals surface area (Å²) in [6, 6.07) is -0.794. The van der Waals surface area contributed by atoms with Crippen LogP contribution >= 0.6 is 0 Å². The fourth-order valence-electron chi connectivity index (χ4n) is 2.76. The zero-order valence-electron chi connectivity index (χ0n) is 13.3. The van der Waals surface area contributed by atoms with Crippen LogP contribution in [-0.2, 0) is 23.7 Å². The summed E-state index contributed by atoms with van der Waals surface area (Å²) in [7, 11) is 0. The molecule has 0 spiro atoms. The van der Waals surface area contributed by atoms with Crippen LogP contribution in [0.4, 0.5) is 4.79 Å². The minimum Gasteiger partial charge on any atom is -0.443 e. The van der Waals surface area contributed by atoms with E-state index >= 15 is 0 Å². The van der Waals surface area contributed by atoms with Gasteiger partial charge in [0.05, 0.1) is 18.8 Å². The molecule has 122 valence electrons. The number of carbonyl (C=O) groups excluding carboxylic acids is 2. The average molecular weight is 311 g/mol. The summed E-state index contributed by atoms with van der Waals surface area (Å²) in [5.41, 5.74) is -1.17. The lowest BCUT2D eigenvalue weighted by atomic mass is 10.0. The van der Waals surface area contributed by atoms with E-state index in [1.807, 2.05) is 6.92 Å². The van der Waals surface area contributed by atoms with Gasteiger partial charge in [-0.2, -0.15) is 0 Å². The molecule has 0 aliphatic carbocycles. The van der Waals surface area contributed by atoms with Crippen LogP contribution in [0.3, 0.4) is 0 Å². The second kappa shape index (κ2) is 4.78. The normalized spacial score (nSPS) is 37.7. The van der Waals surface area contributed by atoms with Crippen LogP contribution in [0.2, 0.25) is 0 Å². The Morgan fingerprint density at radius 2 is 2.14 bits per heavy atom. The predicted molar refractivity (Wildman–Crippen MR) is 74.8 cm³/mol. The Labute approximate surface area is 129 Å². The lowest BCUT2D eigenvalue weighted by Crippen LogP contribution is -2.58. The Hall–Kier alpha value is -1.44. The van der Waals surface area contributed by atoms with Crippen molar-refractivity contribution in [1.29, 1.82) is 0 Å². The molecule has 2 saturated heterocycles. The topological polar surface area (TPSA) is 74.3 Å². The molecule has 0 aromatic heterocycles. The summed E-state index contributed by atoms with van der Waals surface area (Å²) >= 11 is 0. The maximum Gasteiger partial charge on any atom is 0.418 e. The number of hydrogen-bond acceptors (Lipinski definition) is 6. The Bertz CT molecular complexity index is 539. The third-order valence-corrected chi connectivity index (χ3v) is 3.79. The summed E-state index contributed by atoms with van der Waals surface area (Å²) < 4.78 is 22.6. The molecule has 2 fully saturated rings. The second-order valence-corrected chi connectivity index (χ2v) is 7.04. The highest BCUT2D eigenvalue weighted by atomic mass is 16.9. The maximum atomic E-state index is 12.4. The zero-order valence-corrected chi connectivity index (χ0v) is 13.3. The van der Waals surface area contributed by atoms with Gasteiger partial charge in [-0.3, -0.25) is 4.79 Å². The van der Waals surface area contributed by atoms with E-state index < -0.39 is 35.2 Å². The van der Waals surface area contributed by atoms with Gasteiger partial charge in [-0.1, -0.05) is 0 Å². The molecule has 0 N–H and O–H groups in total. The van der Waals surface area contributed by atoms with Crippen LogP contribution in [0, 0.1) is 0 Å². The summed E-state index contributed by atoms with van der Waals surface area (Å²) in [5.74, 6) is -1.91. The Morgan fingerprint density at radius 3 is 2.82 bits per heavy atom. The lowest BCUT2D eigenvalue weighted by molar-refractivity contribution is -0.379. The molecule has 7 nitrogen and oxygen atoms in total. The van der Waals surface area contributed by atoms with Crippen molar-refractivity contribution in [2.24, 2.45) is 0 Å². The molecule has 0 aromatic rings. The van der Waals surface area contributed by atoms with Crippen LogP contribution in [0.15, 0.2) is 12.2 Å². The quantitative estimate of drug-likeness (QED) is 0.732. The first-order valence-corrected chi connectivity index (χ1v) is 7.37. The molecular weight excluding hydrogens is 290 g/mol. The molecule has 3 aliphatic heterocycles. The van der Waals surface area contributed by atoms with Gasteiger partial charge < -0.3 is 18.9 Å². The van der Waals surface area contributed by atoms with Gasteiger partial charge in [0.15, 0.2) is 0 Å². The monoisotopic (exact) mass is 311 g/mol. The van der Waals surface area contributed by atoms with Gasteiger partial charge in [0.2, 0.25) is 0 Å². The largest absolute Gasteiger partial charge is 0.443 e. The number of rotatable bonds is 1. The first-order chi connectivity index (χ1) is 10.1. The first kappa shape index (κ1) is 15.5. The van der Waals surface area contributed by atoms with Crippen molar-refractivity contribution in [3.63, 3.8) is 0 Å². The number of imide groups is 1. The van der Waals surface area contributed by atoms with Gasteiger partial charge >= 0.3 is 12.1 Å². The third kappa shape index (κ3) is 2.53. The molecule has 3 atom stereocenters. The Kier molecular flexibility index (Phi) is 3.36. The number of ether oxygens (including phenoxy) is 4. The Balaban J connectivity index is 1.85. The van der Waals surface area contributed by atoms with Crippen molar-refractivity contribution in [3.05, 3.63) is 12.2 Å². The number of fused-ring (bicyclic) bond motifs is 2. The van der Waals surface area contributed by atoms with E-state index in [1.165, 1.54) is 6.08 Å². The first-order valence-electron chi connectivity index (χ1n) is 7.37. The highest BCUT2D eigenvalue weighted by Gasteiger charge is 2.61. The predicted octanol–water partition coefficient (Wildman–Crippen LogP) is 1.57. The molecule has 0 aromatic carbocycles. The summed E-state index contributed by atoms with van der Waals surface area (Å²) in [6.45, 7) is 7.94. The van der Waals surface area contributed by atoms with Crippen molar-refractivity contribution in [2.45, 2.75) is 57.3 Å². The third-order valence-electron chi connectivity index (χ3n) is 3.79. The number of hydrogen-bond donors (Lipinski definition) is 0. The van der Waals surface area contributed by atoms with E-state index in [0.29, 0.717) is 19.6 Å². The number of carbonyl (C=O) groups is 2. The van der Waals surface area contributed by atoms with E-state index in [0.717, 1.165) is 4.90 Å². The summed E-state index contributed by atoms with van der Waals surface area (Å²) in [5, 5.41) is 0. The van der Waals surface area contributed by atoms with Gasteiger partial charge in [-0.15, -0.1) is 0 Å². The zero-order chi connectivity index (χ0) is 16.2. The minimum atomic E-state index is -1.44. The number of amides is 2. The average Bonchev–Trinajstić information content (AvgIpc) is 2.87. The molecule has 2 amide bonds. The van der Waals surface area contributed by atoms with Crippen molar-refractivity contribution in [3.8, 4) is 0 Å². The van der Waals surface area contributed by atoms with Crippen molar-refractivity contribution < 1.29 is 28.5 Å². The molecular formula is C15H21NO6. The fraction of sp³-hybridized carbons (Fsp3) is 0.733. The van der Waals surface area contributed by atoms with E-state index in [4.69, 9.17) is 18.9 Å². The summed E-state index contributed by atoms with van der Waals surface area (Å²) in [6.07, 6.45) is 2.83. The van der Waals surface area contributed by atoms with Gasteiger partial charge in [-0.05, 0) is 33.8 Å². The molecule has 7 heteroatoms. The number of nitrogens with zero attached hydrogens (tertiary/aromatic N) is 1. The molecule has 3 rings (SSSR count). The van der Waals surface area contributed by atoms with Crippen molar-refractivity contribution >= 4 is 12.0 Å².